The largest absolute Gasteiger partial charge is 0.591 e. The molecule has 4 atom stereocenters. The van der Waals surface area contributed by atoms with Crippen molar-refractivity contribution in [3.8, 4) is 17.2 Å². The molecule has 0 aliphatic heterocycles. The minimum atomic E-state index is -5.21. The summed E-state index contributed by atoms with van der Waals surface area (Å²) in [5.41, 5.74) is -1.40. The third-order valence-corrected chi connectivity index (χ3v) is 12.4. The summed E-state index contributed by atoms with van der Waals surface area (Å²) in [4.78, 5) is 40.6. The van der Waals surface area contributed by atoms with Crippen LogP contribution in [0.3, 0.4) is 0 Å². The molecule has 3 aromatic heterocycles. The number of amides is 1. The molecule has 3 heterocycles. The summed E-state index contributed by atoms with van der Waals surface area (Å²) in [5.74, 6) is -12.0. The second kappa shape index (κ2) is 17.2. The zero-order valence-electron chi connectivity index (χ0n) is 32.7. The van der Waals surface area contributed by atoms with Crippen LogP contribution in [0.4, 0.5) is 54.0 Å². The Balaban J connectivity index is 1.33. The van der Waals surface area contributed by atoms with Crippen molar-refractivity contribution in [3.63, 3.8) is 0 Å². The molecule has 13 nitrogen and oxygen atoms in total. The number of fused-ring (bicyclic) bond motifs is 3. The van der Waals surface area contributed by atoms with Crippen LogP contribution in [-0.2, 0) is 41.2 Å². The van der Waals surface area contributed by atoms with Gasteiger partial charge in [0.05, 0.1) is 34.5 Å². The van der Waals surface area contributed by atoms with E-state index in [1.807, 2.05) is 0 Å². The lowest BCUT2D eigenvalue weighted by molar-refractivity contribution is -0.142. The number of halogens is 12. The maximum atomic E-state index is 15.5. The maximum Gasteiger partial charge on any atom is 0.435 e. The van der Waals surface area contributed by atoms with Crippen LogP contribution in [0.2, 0.25) is 5.02 Å². The van der Waals surface area contributed by atoms with E-state index in [-0.39, 0.29) is 32.5 Å². The predicted molar refractivity (Wildman–Crippen MR) is 210 cm³/mol. The maximum absolute atomic E-state index is 15.5. The lowest BCUT2D eigenvalue weighted by Crippen LogP contribution is -2.38. The van der Waals surface area contributed by atoms with E-state index >= 15 is 8.78 Å². The van der Waals surface area contributed by atoms with E-state index in [1.54, 1.807) is 0 Å². The van der Waals surface area contributed by atoms with Gasteiger partial charge in [-0.05, 0) is 52.6 Å². The number of aromatic nitrogens is 6. The van der Waals surface area contributed by atoms with Crippen LogP contribution < -0.4 is 21.9 Å². The van der Waals surface area contributed by atoms with Gasteiger partial charge >= 0.3 is 6.18 Å². The molecule has 26 heteroatoms. The van der Waals surface area contributed by atoms with E-state index in [0.717, 1.165) is 42.6 Å². The first kappa shape index (κ1) is 45.7. The van der Waals surface area contributed by atoms with Gasteiger partial charge in [-0.2, -0.15) is 27.1 Å². The molecule has 5 aromatic rings. The standard InChI is InChI=1S/C39H30ClF11N10O3S/c40-21-3-4-25(31(54-13-26(43)44)30(21)35(52)59-65(64)18-1-2-18)61-28(63)12-23(36-53-6-5-22(56-36)34(45)46)57-37(61)24(9-15-7-16(41)10-17(42)8-15)55-27(62)14-60-33-29(32(58-60)39(49,50)51)19-11-20(19)38(33,47)48/h3-8,10,12,18-20,24,26,34,54H,1-2,9,11,13-14H2,(H2,52,59)(H,55,62)/t19-,20+,24?,65?/m0/s1. The number of alkyl halides is 9. The molecule has 4 N–H and O–H groups in total. The molecule has 0 spiro atoms. The lowest BCUT2D eigenvalue weighted by atomic mass is 10.0. The Bertz CT molecular complexity index is 2770. The van der Waals surface area contributed by atoms with E-state index in [4.69, 9.17) is 17.3 Å². The van der Waals surface area contributed by atoms with E-state index in [9.17, 15) is 53.7 Å². The molecule has 2 saturated carbocycles. The zero-order valence-corrected chi connectivity index (χ0v) is 34.3. The highest BCUT2D eigenvalue weighted by molar-refractivity contribution is 7.91. The van der Waals surface area contributed by atoms with E-state index in [2.05, 4.69) is 35.1 Å². The van der Waals surface area contributed by atoms with Gasteiger partial charge in [0, 0.05) is 49.1 Å². The summed E-state index contributed by atoms with van der Waals surface area (Å²) in [6.45, 7) is -2.46. The summed E-state index contributed by atoms with van der Waals surface area (Å²) < 4.78 is 176. The summed E-state index contributed by atoms with van der Waals surface area (Å²) >= 11 is 4.60. The first-order valence-corrected chi connectivity index (χ1v) is 20.8. The summed E-state index contributed by atoms with van der Waals surface area (Å²) in [7, 11) is 0. The van der Waals surface area contributed by atoms with Crippen LogP contribution in [-0.4, -0.2) is 63.8 Å². The number of anilines is 1. The molecule has 0 bridgehead atoms. The Hall–Kier alpha value is -5.82. The number of benzene rings is 2. The molecule has 2 fully saturated rings. The minimum absolute atomic E-state index is 0.185. The van der Waals surface area contributed by atoms with Crippen molar-refractivity contribution >= 4 is 40.4 Å². The highest BCUT2D eigenvalue weighted by atomic mass is 35.5. The Morgan fingerprint density at radius 1 is 1.06 bits per heavy atom. The van der Waals surface area contributed by atoms with Gasteiger partial charge in [-0.1, -0.05) is 11.6 Å². The summed E-state index contributed by atoms with van der Waals surface area (Å²) in [6, 6.07) is 3.95. The van der Waals surface area contributed by atoms with Gasteiger partial charge in [-0.25, -0.2) is 41.3 Å². The Labute approximate surface area is 366 Å². The minimum Gasteiger partial charge on any atom is -0.591 e. The van der Waals surface area contributed by atoms with Gasteiger partial charge in [0.15, 0.2) is 17.4 Å². The molecule has 65 heavy (non-hydrogen) atoms. The molecule has 344 valence electrons. The van der Waals surface area contributed by atoms with Crippen LogP contribution in [0.5, 0.6) is 0 Å². The van der Waals surface area contributed by atoms with Crippen LogP contribution in [0.1, 0.15) is 77.2 Å². The monoisotopic (exact) mass is 962 g/mol. The van der Waals surface area contributed by atoms with E-state index < -0.39 is 154 Å². The number of carbonyl (C=O) groups excluding carboxylic acids is 1. The van der Waals surface area contributed by atoms with Crippen molar-refractivity contribution in [2.45, 2.75) is 74.4 Å². The van der Waals surface area contributed by atoms with Crippen LogP contribution in [0, 0.1) is 17.6 Å². The van der Waals surface area contributed by atoms with Crippen molar-refractivity contribution in [2.24, 2.45) is 16.0 Å². The number of nitrogens with two attached hydrogens (primary N) is 1. The SMILES string of the molecule is NC(=N[S+]([O-])C1CC1)c1c(Cl)ccc(-n2c(C(Cc3cc(F)cc(F)c3)NC(=O)Cn3nc(C(F)(F)F)c4c3C(F)(F)[C@@H]3C[C@H]43)nc(-c3nccc(C(F)F)n3)cc2=O)c1NCC(F)F. The number of nitrogens with zero attached hydrogens (tertiary/aromatic N) is 7. The normalized spacial score (nSPS) is 18.7. The second-order valence-electron chi connectivity index (χ2n) is 15.3. The summed E-state index contributed by atoms with van der Waals surface area (Å²) in [5, 5.41) is 7.49. The van der Waals surface area contributed by atoms with Crippen molar-refractivity contribution in [1.29, 1.82) is 0 Å². The Kier molecular flexibility index (Phi) is 12.1. The fourth-order valence-corrected chi connectivity index (χ4v) is 8.92. The number of rotatable bonds is 15. The van der Waals surface area contributed by atoms with Crippen LogP contribution in [0.25, 0.3) is 17.2 Å². The Morgan fingerprint density at radius 3 is 2.42 bits per heavy atom. The van der Waals surface area contributed by atoms with Gasteiger partial charge in [-0.3, -0.25) is 18.8 Å². The third kappa shape index (κ3) is 9.21. The van der Waals surface area contributed by atoms with Gasteiger partial charge < -0.3 is 20.9 Å². The molecule has 8 rings (SSSR count). The van der Waals surface area contributed by atoms with Gasteiger partial charge in [-0.15, -0.1) is 0 Å². The molecule has 0 radical (unpaired) electrons. The number of carbonyl (C=O) groups is 1. The zero-order chi connectivity index (χ0) is 46.9. The lowest BCUT2D eigenvalue weighted by Gasteiger charge is -2.25. The van der Waals surface area contributed by atoms with Gasteiger partial charge in [0.1, 0.15) is 57.7 Å². The second-order valence-corrected chi connectivity index (χ2v) is 17.1. The average Bonchev–Trinajstić information content (AvgIpc) is 4.15. The molecular formula is C39H30ClF11N10O3S. The first-order valence-electron chi connectivity index (χ1n) is 19.3. The smallest absolute Gasteiger partial charge is 0.435 e. The van der Waals surface area contributed by atoms with Crippen molar-refractivity contribution in [2.75, 3.05) is 11.9 Å². The molecule has 2 aromatic carbocycles. The highest BCUT2D eigenvalue weighted by Crippen LogP contribution is 2.68. The number of amidine groups is 1. The molecule has 2 unspecified atom stereocenters. The molecule has 3 aliphatic rings. The highest BCUT2D eigenvalue weighted by Gasteiger charge is 2.68. The van der Waals surface area contributed by atoms with Crippen molar-refractivity contribution in [3.05, 3.63) is 115 Å². The molecule has 1 amide bonds. The fraction of sp³-hybridized carbons (Fsp3) is 0.359. The van der Waals surface area contributed by atoms with Crippen molar-refractivity contribution < 1.29 is 57.6 Å². The fourth-order valence-electron chi connectivity index (χ4n) is 7.70. The topological polar surface area (TPSA) is 181 Å². The predicted octanol–water partition coefficient (Wildman–Crippen LogP) is 7.29. The molecule has 3 aliphatic carbocycles. The quantitative estimate of drug-likeness (QED) is 0.0420. The Morgan fingerprint density at radius 2 is 1.77 bits per heavy atom. The molecule has 0 saturated heterocycles. The molecular weight excluding hydrogens is 933 g/mol. The van der Waals surface area contributed by atoms with E-state index in [0.29, 0.717) is 23.5 Å². The van der Waals surface area contributed by atoms with Crippen molar-refractivity contribution in [1.82, 2.24) is 34.6 Å². The number of hydrogen-bond donors (Lipinski definition) is 3. The van der Waals surface area contributed by atoms with Gasteiger partial charge in [0.25, 0.3) is 24.3 Å². The number of nitrogens with one attached hydrogen (secondary N) is 2. The first-order chi connectivity index (χ1) is 30.6. The number of hydrogen-bond acceptors (Lipinski definition) is 9. The van der Waals surface area contributed by atoms with Crippen LogP contribution >= 0.6 is 11.6 Å². The third-order valence-electron chi connectivity index (χ3n) is 10.6. The summed E-state index contributed by atoms with van der Waals surface area (Å²) in [6.07, 6.45) is -10.5. The van der Waals surface area contributed by atoms with Crippen LogP contribution in [0.15, 0.2) is 57.9 Å². The average molecular weight is 963 g/mol. The van der Waals surface area contributed by atoms with E-state index in [1.165, 1.54) is 0 Å². The van der Waals surface area contributed by atoms with Gasteiger partial charge in [0.2, 0.25) is 5.91 Å².